The monoisotopic (exact) mass is 607 g/mol. The van der Waals surface area contributed by atoms with Gasteiger partial charge in [-0.3, -0.25) is 9.59 Å². The van der Waals surface area contributed by atoms with Crippen LogP contribution in [-0.2, 0) is 25.3 Å². The average Bonchev–Trinajstić information content (AvgIpc) is 3.36. The van der Waals surface area contributed by atoms with Crippen LogP contribution in [-0.4, -0.2) is 21.3 Å². The molecular formula is C36H37N3O4S. The van der Waals surface area contributed by atoms with Crippen molar-refractivity contribution in [1.29, 1.82) is 0 Å². The summed E-state index contributed by atoms with van der Waals surface area (Å²) < 4.78 is 6.72. The summed E-state index contributed by atoms with van der Waals surface area (Å²) in [5.74, 6) is 4.41. The van der Waals surface area contributed by atoms with Gasteiger partial charge in [0.25, 0.3) is 0 Å². The molecule has 1 unspecified atom stereocenters. The molecule has 0 radical (unpaired) electrons. The predicted molar refractivity (Wildman–Crippen MR) is 175 cm³/mol. The fourth-order valence-electron chi connectivity index (χ4n) is 5.91. The Balaban J connectivity index is 0.000000195. The van der Waals surface area contributed by atoms with Crippen molar-refractivity contribution in [2.75, 3.05) is 0 Å². The standard InChI is InChI=1S/C21H21N3O2S.C15H16O2/c1-14-5-3-4-6-19(14)16-7-12-20-15(2)23-24(21(20)13-16)17-8-10-18(11-9-17)27-26-25-22;1-10-5-3-4-6-13(10)12-7-8-14(11(2)16)15(17)9-12/h3-6,8-11,13H,7,12,22H2,1-2H3;3-6,9,14H,7-8H2,1-2H3. The lowest BCUT2D eigenvalue weighted by molar-refractivity contribution is -0.195. The first-order chi connectivity index (χ1) is 21.3. The lowest BCUT2D eigenvalue weighted by Gasteiger charge is -2.19. The van der Waals surface area contributed by atoms with E-state index in [1.54, 1.807) is 6.08 Å². The minimum absolute atomic E-state index is 0.0184. The lowest BCUT2D eigenvalue weighted by atomic mass is 9.83. The first-order valence-electron chi connectivity index (χ1n) is 14.7. The Kier molecular flexibility index (Phi) is 10.1. The third kappa shape index (κ3) is 7.00. The summed E-state index contributed by atoms with van der Waals surface area (Å²) in [7, 11) is 0. The molecule has 0 bridgehead atoms. The van der Waals surface area contributed by atoms with Gasteiger partial charge in [-0.25, -0.2) is 4.68 Å². The van der Waals surface area contributed by atoms with Crippen LogP contribution in [0.15, 0.2) is 83.8 Å². The topological polar surface area (TPSA) is 96.4 Å². The fourth-order valence-corrected chi connectivity index (χ4v) is 6.28. The molecule has 4 aromatic rings. The summed E-state index contributed by atoms with van der Waals surface area (Å²) in [6.45, 7) is 7.78. The number of carbonyl (C=O) groups is 2. The van der Waals surface area contributed by atoms with Gasteiger partial charge < -0.3 is 0 Å². The Morgan fingerprint density at radius 2 is 1.48 bits per heavy atom. The first-order valence-corrected chi connectivity index (χ1v) is 15.5. The highest BCUT2D eigenvalue weighted by molar-refractivity contribution is 7.94. The summed E-state index contributed by atoms with van der Waals surface area (Å²) >= 11 is 1.07. The van der Waals surface area contributed by atoms with E-state index in [1.165, 1.54) is 40.4 Å². The number of Topliss-reactive ketones (excluding diaryl/α,β-unsaturated/α-hetero) is 1. The van der Waals surface area contributed by atoms with E-state index in [0.717, 1.165) is 58.7 Å². The number of nitrogens with two attached hydrogens (primary N) is 1. The van der Waals surface area contributed by atoms with Gasteiger partial charge in [-0.05, 0) is 123 Å². The highest BCUT2D eigenvalue weighted by Crippen LogP contribution is 2.35. The molecule has 226 valence electrons. The van der Waals surface area contributed by atoms with Crippen LogP contribution in [0.3, 0.4) is 0 Å². The zero-order chi connectivity index (χ0) is 31.2. The maximum absolute atomic E-state index is 11.8. The molecule has 6 rings (SSSR count). The number of hydrogen-bond acceptors (Lipinski definition) is 7. The quantitative estimate of drug-likeness (QED) is 0.0993. The van der Waals surface area contributed by atoms with Crippen LogP contribution in [0.5, 0.6) is 0 Å². The van der Waals surface area contributed by atoms with Crippen molar-refractivity contribution in [2.24, 2.45) is 11.8 Å². The molecular weight excluding hydrogens is 570 g/mol. The molecule has 1 atom stereocenters. The highest BCUT2D eigenvalue weighted by atomic mass is 32.2. The van der Waals surface area contributed by atoms with Crippen LogP contribution in [0.25, 0.3) is 22.9 Å². The number of aromatic nitrogens is 2. The van der Waals surface area contributed by atoms with Gasteiger partial charge in [-0.15, -0.1) is 9.32 Å². The number of ketones is 2. The molecule has 8 heteroatoms. The Hall–Kier alpha value is -4.08. The molecule has 2 aliphatic carbocycles. The summed E-state index contributed by atoms with van der Waals surface area (Å²) in [4.78, 5) is 28.1. The van der Waals surface area contributed by atoms with E-state index >= 15 is 0 Å². The summed E-state index contributed by atoms with van der Waals surface area (Å²) in [5, 5.41) is 4.79. The van der Waals surface area contributed by atoms with Gasteiger partial charge in [0.1, 0.15) is 5.78 Å². The zero-order valence-corrected chi connectivity index (χ0v) is 26.3. The van der Waals surface area contributed by atoms with E-state index in [2.05, 4.69) is 49.2 Å². The number of rotatable bonds is 7. The Morgan fingerprint density at radius 1 is 0.864 bits per heavy atom. The molecule has 7 nitrogen and oxygen atoms in total. The maximum atomic E-state index is 11.8. The second-order valence-electron chi connectivity index (χ2n) is 11.2. The van der Waals surface area contributed by atoms with Gasteiger partial charge in [-0.1, -0.05) is 48.5 Å². The summed E-state index contributed by atoms with van der Waals surface area (Å²) in [6, 6.07) is 24.5. The van der Waals surface area contributed by atoms with Gasteiger partial charge in [0.15, 0.2) is 5.78 Å². The molecule has 0 saturated carbocycles. The molecule has 0 spiro atoms. The van der Waals surface area contributed by atoms with Crippen molar-refractivity contribution in [3.05, 3.63) is 118 Å². The van der Waals surface area contributed by atoms with Gasteiger partial charge in [0.2, 0.25) is 0 Å². The van der Waals surface area contributed by atoms with E-state index in [9.17, 15) is 9.59 Å². The van der Waals surface area contributed by atoms with Crippen molar-refractivity contribution >= 4 is 40.8 Å². The van der Waals surface area contributed by atoms with Gasteiger partial charge in [0, 0.05) is 10.5 Å². The van der Waals surface area contributed by atoms with Crippen LogP contribution in [0, 0.1) is 26.7 Å². The van der Waals surface area contributed by atoms with Crippen molar-refractivity contribution in [2.45, 2.75) is 58.3 Å². The van der Waals surface area contributed by atoms with E-state index in [0.29, 0.717) is 6.42 Å². The van der Waals surface area contributed by atoms with E-state index in [1.807, 2.05) is 60.1 Å². The molecule has 1 aromatic heterocycles. The molecule has 2 aliphatic rings. The SMILES string of the molecule is CC(=O)C1CCC(c2ccccc2C)=CC1=O.Cc1ccccc1C1=Cc2c(c(C)nn2-c2ccc(SOON)cc2)CC1. The molecule has 3 aromatic carbocycles. The number of allylic oxidation sites excluding steroid dienone is 3. The molecule has 1 heterocycles. The normalized spacial score (nSPS) is 15.9. The number of aryl methyl sites for hydroxylation is 3. The van der Waals surface area contributed by atoms with Crippen LogP contribution in [0.4, 0.5) is 0 Å². The Morgan fingerprint density at radius 3 is 2.05 bits per heavy atom. The largest absolute Gasteiger partial charge is 0.299 e. The minimum atomic E-state index is -0.414. The summed E-state index contributed by atoms with van der Waals surface area (Å²) in [6.07, 6.45) is 7.44. The number of nitrogens with zero attached hydrogens (tertiary/aromatic N) is 2. The molecule has 44 heavy (non-hydrogen) atoms. The predicted octanol–water partition coefficient (Wildman–Crippen LogP) is 7.75. The van der Waals surface area contributed by atoms with Crippen molar-refractivity contribution in [3.8, 4) is 5.69 Å². The highest BCUT2D eigenvalue weighted by Gasteiger charge is 2.26. The lowest BCUT2D eigenvalue weighted by Crippen LogP contribution is -2.23. The molecule has 0 aliphatic heterocycles. The summed E-state index contributed by atoms with van der Waals surface area (Å²) in [5.41, 5.74) is 11.9. The van der Waals surface area contributed by atoms with Crippen molar-refractivity contribution in [3.63, 3.8) is 0 Å². The Bertz CT molecular complexity index is 1740. The maximum Gasteiger partial charge on any atom is 0.166 e. The van der Waals surface area contributed by atoms with E-state index < -0.39 is 5.92 Å². The first kappa shape index (κ1) is 31.3. The van der Waals surface area contributed by atoms with Crippen LogP contribution >= 0.6 is 12.0 Å². The van der Waals surface area contributed by atoms with Crippen molar-refractivity contribution in [1.82, 2.24) is 9.78 Å². The Labute approximate surface area is 262 Å². The average molecular weight is 608 g/mol. The number of hydrogen-bond donors (Lipinski definition) is 1. The van der Waals surface area contributed by atoms with Crippen molar-refractivity contribution < 1.29 is 18.9 Å². The van der Waals surface area contributed by atoms with E-state index in [4.69, 9.17) is 15.3 Å². The van der Waals surface area contributed by atoms with Gasteiger partial charge >= 0.3 is 0 Å². The van der Waals surface area contributed by atoms with Gasteiger partial charge in [-0.2, -0.15) is 11.0 Å². The molecule has 0 saturated heterocycles. The second-order valence-corrected chi connectivity index (χ2v) is 11.9. The number of carbonyl (C=O) groups excluding carboxylic acids is 2. The smallest absolute Gasteiger partial charge is 0.166 e. The number of fused-ring (bicyclic) bond motifs is 1. The van der Waals surface area contributed by atoms with Crippen LogP contribution in [0.2, 0.25) is 0 Å². The third-order valence-corrected chi connectivity index (χ3v) is 8.88. The van der Waals surface area contributed by atoms with Crippen LogP contribution in [0.1, 0.15) is 65.4 Å². The third-order valence-electron chi connectivity index (χ3n) is 8.27. The number of benzene rings is 3. The molecule has 0 amide bonds. The molecule has 0 fully saturated rings. The van der Waals surface area contributed by atoms with Gasteiger partial charge in [0.05, 0.1) is 35.0 Å². The second kappa shape index (κ2) is 14.1. The van der Waals surface area contributed by atoms with Crippen LogP contribution < -0.4 is 5.90 Å². The van der Waals surface area contributed by atoms with E-state index in [-0.39, 0.29) is 11.6 Å². The fraction of sp³-hybridized carbons (Fsp3) is 0.250. The minimum Gasteiger partial charge on any atom is -0.299 e. The molecule has 2 N–H and O–H groups in total. The zero-order valence-electron chi connectivity index (χ0n) is 25.5.